The lowest BCUT2D eigenvalue weighted by molar-refractivity contribution is -0.107. The zero-order chi connectivity index (χ0) is 22.5. The Morgan fingerprint density at radius 3 is 2.69 bits per heavy atom. The number of carbonyl (C=O) groups is 2. The van der Waals surface area contributed by atoms with Crippen LogP contribution in [0.5, 0.6) is 11.5 Å². The van der Waals surface area contributed by atoms with Crippen LogP contribution in [0.3, 0.4) is 0 Å². The zero-order valence-corrected chi connectivity index (χ0v) is 18.5. The molecule has 0 saturated carbocycles. The van der Waals surface area contributed by atoms with E-state index in [1.54, 1.807) is 24.1 Å². The van der Waals surface area contributed by atoms with Crippen LogP contribution in [0.2, 0.25) is 0 Å². The molecule has 2 aromatic carbocycles. The number of nitrogens with zero attached hydrogens (tertiary/aromatic N) is 2. The molecule has 0 radical (unpaired) electrons. The zero-order valence-electron chi connectivity index (χ0n) is 18.5. The van der Waals surface area contributed by atoms with Crippen molar-refractivity contribution in [3.63, 3.8) is 0 Å². The van der Waals surface area contributed by atoms with Gasteiger partial charge < -0.3 is 19.3 Å². The van der Waals surface area contributed by atoms with Gasteiger partial charge in [0.15, 0.2) is 17.8 Å². The van der Waals surface area contributed by atoms with Crippen molar-refractivity contribution in [2.24, 2.45) is 0 Å². The number of anilines is 2. The fraction of sp³-hybridized carbons (Fsp3) is 0.308. The summed E-state index contributed by atoms with van der Waals surface area (Å²) in [7, 11) is 3.58. The van der Waals surface area contributed by atoms with Gasteiger partial charge in [0.25, 0.3) is 0 Å². The molecule has 0 N–H and O–H groups in total. The Bertz CT molecular complexity index is 1060. The number of hydrogen-bond donors (Lipinski definition) is 0. The summed E-state index contributed by atoms with van der Waals surface area (Å²) >= 11 is 0. The molecule has 166 valence electrons. The first-order valence-electron chi connectivity index (χ1n) is 10.8. The second-order valence-electron chi connectivity index (χ2n) is 8.08. The molecule has 1 unspecified atom stereocenters. The predicted octanol–water partition coefficient (Wildman–Crippen LogP) is 4.19. The van der Waals surface area contributed by atoms with Crippen molar-refractivity contribution < 1.29 is 19.1 Å². The van der Waals surface area contributed by atoms with Gasteiger partial charge in [0.05, 0.1) is 18.8 Å². The van der Waals surface area contributed by atoms with Crippen molar-refractivity contribution >= 4 is 24.1 Å². The number of ether oxygens (including phenoxy) is 2. The quantitative estimate of drug-likeness (QED) is 0.556. The van der Waals surface area contributed by atoms with Crippen LogP contribution in [0.1, 0.15) is 28.8 Å². The second kappa shape index (κ2) is 9.73. The number of amides is 1. The van der Waals surface area contributed by atoms with E-state index in [0.29, 0.717) is 35.9 Å². The second-order valence-corrected chi connectivity index (χ2v) is 8.08. The summed E-state index contributed by atoms with van der Waals surface area (Å²) in [6.07, 6.45) is 10.7. The van der Waals surface area contributed by atoms with E-state index in [1.807, 2.05) is 19.2 Å². The topological polar surface area (TPSA) is 59.1 Å². The molecule has 0 saturated heterocycles. The molecule has 6 nitrogen and oxygen atoms in total. The molecule has 1 aliphatic carbocycles. The molecule has 1 atom stereocenters. The number of benzene rings is 2. The normalized spacial score (nSPS) is 16.9. The number of methoxy groups -OCH3 is 1. The number of fused-ring (bicyclic) bond motifs is 1. The lowest BCUT2D eigenvalue weighted by Gasteiger charge is -2.29. The highest BCUT2D eigenvalue weighted by Gasteiger charge is 2.29. The Labute approximate surface area is 188 Å². The van der Waals surface area contributed by atoms with Crippen molar-refractivity contribution in [3.05, 3.63) is 71.3 Å². The maximum absolute atomic E-state index is 12.1. The summed E-state index contributed by atoms with van der Waals surface area (Å²) in [6, 6.07) is 11.7. The van der Waals surface area contributed by atoms with E-state index in [0.717, 1.165) is 37.5 Å². The molecule has 2 aliphatic rings. The number of likely N-dealkylation sites (N-methyl/N-ethyl adjacent to an activating group) is 1. The Hall–Kier alpha value is -3.54. The van der Waals surface area contributed by atoms with Crippen molar-refractivity contribution in [2.75, 3.05) is 37.1 Å². The van der Waals surface area contributed by atoms with Gasteiger partial charge in [0, 0.05) is 30.9 Å². The molecule has 0 spiro atoms. The van der Waals surface area contributed by atoms with E-state index in [4.69, 9.17) is 9.47 Å². The third kappa shape index (κ3) is 4.40. The first kappa shape index (κ1) is 21.7. The first-order valence-corrected chi connectivity index (χ1v) is 10.8. The Morgan fingerprint density at radius 1 is 1.16 bits per heavy atom. The van der Waals surface area contributed by atoms with Gasteiger partial charge in [-0.15, -0.1) is 0 Å². The maximum atomic E-state index is 12.1. The van der Waals surface area contributed by atoms with E-state index < -0.39 is 0 Å². The summed E-state index contributed by atoms with van der Waals surface area (Å²) in [5.41, 5.74) is 4.43. The molecule has 2 aromatic rings. The lowest BCUT2D eigenvalue weighted by Crippen LogP contribution is -2.40. The van der Waals surface area contributed by atoms with Gasteiger partial charge >= 0.3 is 0 Å². The molecular formula is C26H28N2O4. The van der Waals surface area contributed by atoms with Crippen LogP contribution in [0.15, 0.2) is 60.2 Å². The summed E-state index contributed by atoms with van der Waals surface area (Å²) in [6.45, 7) is 0.851. The minimum atomic E-state index is 0.112. The fourth-order valence-electron chi connectivity index (χ4n) is 4.34. The average Bonchev–Trinajstić information content (AvgIpc) is 3.16. The van der Waals surface area contributed by atoms with Gasteiger partial charge in [0.1, 0.15) is 6.61 Å². The van der Waals surface area contributed by atoms with Gasteiger partial charge in [0.2, 0.25) is 6.41 Å². The number of rotatable bonds is 9. The molecule has 0 aromatic heterocycles. The number of aldehydes is 1. The maximum Gasteiger partial charge on any atom is 0.214 e. The summed E-state index contributed by atoms with van der Waals surface area (Å²) in [4.78, 5) is 27.7. The van der Waals surface area contributed by atoms with Crippen molar-refractivity contribution in [1.82, 2.24) is 0 Å². The molecule has 32 heavy (non-hydrogen) atoms. The van der Waals surface area contributed by atoms with Crippen LogP contribution in [0, 0.1) is 0 Å². The molecule has 0 fully saturated rings. The van der Waals surface area contributed by atoms with Crippen LogP contribution in [0.25, 0.3) is 0 Å². The minimum Gasteiger partial charge on any atom is -0.493 e. The number of para-hydroxylation sites is 1. The monoisotopic (exact) mass is 432 g/mol. The average molecular weight is 433 g/mol. The van der Waals surface area contributed by atoms with Gasteiger partial charge in [-0.2, -0.15) is 0 Å². The fourth-order valence-corrected chi connectivity index (χ4v) is 4.34. The number of hydrogen-bond acceptors (Lipinski definition) is 5. The van der Waals surface area contributed by atoms with Gasteiger partial charge in [-0.3, -0.25) is 9.59 Å². The molecule has 0 bridgehead atoms. The van der Waals surface area contributed by atoms with E-state index in [1.165, 1.54) is 11.3 Å². The van der Waals surface area contributed by atoms with E-state index >= 15 is 0 Å². The highest BCUT2D eigenvalue weighted by molar-refractivity contribution is 5.91. The Balaban J connectivity index is 1.58. The van der Waals surface area contributed by atoms with Crippen molar-refractivity contribution in [2.45, 2.75) is 25.3 Å². The molecule has 6 heteroatoms. The molecule has 1 heterocycles. The molecule has 4 rings (SSSR count). The van der Waals surface area contributed by atoms with Gasteiger partial charge in [-0.05, 0) is 42.5 Å². The largest absolute Gasteiger partial charge is 0.493 e. The van der Waals surface area contributed by atoms with Crippen LogP contribution >= 0.6 is 0 Å². The molecule has 1 amide bonds. The van der Waals surface area contributed by atoms with Crippen LogP contribution in [0.4, 0.5) is 11.4 Å². The van der Waals surface area contributed by atoms with E-state index in [-0.39, 0.29) is 6.04 Å². The van der Waals surface area contributed by atoms with Crippen LogP contribution in [-0.4, -0.2) is 46.0 Å². The van der Waals surface area contributed by atoms with E-state index in [9.17, 15) is 9.59 Å². The third-order valence-electron chi connectivity index (χ3n) is 6.13. The predicted molar refractivity (Wildman–Crippen MR) is 126 cm³/mol. The minimum absolute atomic E-state index is 0.112. The number of allylic oxidation sites excluding steroid dienone is 2. The summed E-state index contributed by atoms with van der Waals surface area (Å²) in [5, 5.41) is 0. The summed E-state index contributed by atoms with van der Waals surface area (Å²) < 4.78 is 11.5. The molecule has 1 aliphatic heterocycles. The SMILES string of the molecule is COc1cc(C=O)c(N(C=O)CC2Cc3ccccc3N2C)cc1OCC1=CCCC=C1. The van der Waals surface area contributed by atoms with Gasteiger partial charge in [-0.1, -0.05) is 36.4 Å². The standard InChI is InChI=1S/C26H28N2O4/c1-27-22(12-20-10-6-7-11-23(20)27)15-28(18-30)24-14-26(25(31-2)13-21(24)16-29)32-17-19-8-4-3-5-9-19/h4,6-11,13-14,16,18,22H,3,5,12,15,17H2,1-2H3. The van der Waals surface area contributed by atoms with E-state index in [2.05, 4.69) is 35.3 Å². The molecular weight excluding hydrogens is 404 g/mol. The highest BCUT2D eigenvalue weighted by Crippen LogP contribution is 2.36. The van der Waals surface area contributed by atoms with Crippen molar-refractivity contribution in [1.29, 1.82) is 0 Å². The van der Waals surface area contributed by atoms with Crippen LogP contribution in [-0.2, 0) is 11.2 Å². The smallest absolute Gasteiger partial charge is 0.214 e. The third-order valence-corrected chi connectivity index (χ3v) is 6.13. The van der Waals surface area contributed by atoms with Crippen molar-refractivity contribution in [3.8, 4) is 11.5 Å². The van der Waals surface area contributed by atoms with Gasteiger partial charge in [-0.25, -0.2) is 0 Å². The number of carbonyl (C=O) groups excluding carboxylic acids is 2. The summed E-state index contributed by atoms with van der Waals surface area (Å²) in [5.74, 6) is 0.968. The highest BCUT2D eigenvalue weighted by atomic mass is 16.5. The van der Waals surface area contributed by atoms with Crippen LogP contribution < -0.4 is 19.3 Å². The first-order chi connectivity index (χ1) is 15.6. The Kier molecular flexibility index (Phi) is 6.59. The lowest BCUT2D eigenvalue weighted by atomic mass is 10.1. The Morgan fingerprint density at radius 2 is 2.00 bits per heavy atom.